The molecule has 4 amide bonds. The molecule has 0 radical (unpaired) electrons. The maximum atomic E-state index is 12.8. The Labute approximate surface area is 480 Å². The number of urea groups is 1. The molecule has 2 heterocycles. The molecule has 5 atom stereocenters. The van der Waals surface area contributed by atoms with Crippen molar-refractivity contribution in [3.63, 3.8) is 0 Å². The van der Waals surface area contributed by atoms with Gasteiger partial charge in [-0.05, 0) is 89.9 Å². The van der Waals surface area contributed by atoms with Gasteiger partial charge in [0.05, 0.1) is 25.3 Å². The molecular weight excluding hydrogens is 1000 g/mol. The van der Waals surface area contributed by atoms with Crippen LogP contribution in [-0.4, -0.2) is 91.9 Å². The van der Waals surface area contributed by atoms with Crippen LogP contribution in [0.3, 0.4) is 0 Å². The molecule has 0 aromatic carbocycles. The summed E-state index contributed by atoms with van der Waals surface area (Å²) in [5, 5.41) is 11.9. The van der Waals surface area contributed by atoms with Crippen LogP contribution in [0.15, 0.2) is 24.3 Å². The van der Waals surface area contributed by atoms with Crippen LogP contribution in [0.1, 0.15) is 245 Å². The molecule has 18 heteroatoms. The molecule has 15 nitrogen and oxygen atoms in total. The summed E-state index contributed by atoms with van der Waals surface area (Å²) in [5.74, 6) is -0.273. The number of ether oxygens (including phenoxy) is 2. The number of thioether (sulfide) groups is 1. The second-order valence-corrected chi connectivity index (χ2v) is 23.1. The predicted octanol–water partition coefficient (Wildman–Crippen LogP) is 9.54. The van der Waals surface area contributed by atoms with Gasteiger partial charge in [-0.2, -0.15) is 11.8 Å². The molecule has 2 saturated heterocycles. The molecule has 0 aromatic rings. The predicted molar refractivity (Wildman–Crippen MR) is 298 cm³/mol. The normalized spacial score (nSPS) is 17.3. The largest absolute Gasteiger partial charge is 1.00 e. The smallest absolute Gasteiger partial charge is 0.756 e. The van der Waals surface area contributed by atoms with E-state index in [1.165, 1.54) is 77.0 Å². The van der Waals surface area contributed by atoms with E-state index in [9.17, 15) is 33.4 Å². The molecule has 428 valence electrons. The third kappa shape index (κ3) is 41.8. The number of fused-ring (bicyclic) bond motifs is 1. The molecule has 0 aliphatic carbocycles. The number of carbonyl (C=O) groups is 5. The van der Waals surface area contributed by atoms with Gasteiger partial charge in [0.1, 0.15) is 6.61 Å². The van der Waals surface area contributed by atoms with E-state index in [0.29, 0.717) is 37.5 Å². The zero-order valence-corrected chi connectivity index (χ0v) is 50.9. The van der Waals surface area contributed by atoms with E-state index in [1.807, 2.05) is 11.8 Å². The van der Waals surface area contributed by atoms with Gasteiger partial charge in [0, 0.05) is 49.8 Å². The summed E-state index contributed by atoms with van der Waals surface area (Å²) >= 11 is 1.87. The van der Waals surface area contributed by atoms with E-state index in [0.717, 1.165) is 115 Å². The molecule has 0 spiro atoms. The molecular formula is C57H102N4NaO11PS. The van der Waals surface area contributed by atoms with Crippen LogP contribution in [0.2, 0.25) is 0 Å². The van der Waals surface area contributed by atoms with Crippen molar-refractivity contribution in [1.82, 2.24) is 21.3 Å². The second kappa shape index (κ2) is 49.2. The first-order valence-electron chi connectivity index (χ1n) is 29.5. The first-order chi connectivity index (χ1) is 36.0. The molecule has 0 aromatic heterocycles. The molecule has 5 unspecified atom stereocenters. The summed E-state index contributed by atoms with van der Waals surface area (Å²) in [5.41, 5.74) is 0. The van der Waals surface area contributed by atoms with Gasteiger partial charge in [-0.3, -0.25) is 23.7 Å². The topological polar surface area (TPSA) is 211 Å². The zero-order valence-electron chi connectivity index (χ0n) is 47.2. The van der Waals surface area contributed by atoms with E-state index in [4.69, 9.17) is 18.5 Å². The van der Waals surface area contributed by atoms with Crippen molar-refractivity contribution in [2.45, 2.75) is 268 Å². The summed E-state index contributed by atoms with van der Waals surface area (Å²) in [6, 6.07) is 0.296. The number of rotatable bonds is 51. The minimum Gasteiger partial charge on any atom is -0.756 e. The van der Waals surface area contributed by atoms with Gasteiger partial charge in [-0.15, -0.1) is 0 Å². The van der Waals surface area contributed by atoms with E-state index >= 15 is 0 Å². The minimum absolute atomic E-state index is 0. The number of hydrogen-bond donors (Lipinski definition) is 4. The Morgan fingerprint density at radius 1 is 0.600 bits per heavy atom. The Bertz CT molecular complexity index is 1600. The van der Waals surface area contributed by atoms with E-state index < -0.39 is 32.5 Å². The van der Waals surface area contributed by atoms with E-state index in [2.05, 4.69) is 59.4 Å². The van der Waals surface area contributed by atoms with Crippen LogP contribution >= 0.6 is 19.6 Å². The van der Waals surface area contributed by atoms with Crippen molar-refractivity contribution >= 4 is 49.4 Å². The first kappa shape index (κ1) is 71.1. The van der Waals surface area contributed by atoms with Crippen LogP contribution in [0.25, 0.3) is 0 Å². The standard InChI is InChI=1S/C57H103N4O11PS.Na/c1-3-5-7-9-11-13-15-17-19-21-23-25-27-29-33-41-54(64)69-46-49(72-55(65)42-34-30-28-26-24-22-20-18-16-14-12-10-8-6-4-2)47-71-73(67,68)70-45-44-59-53(63)39-32-31-37-43-58-52(62)40-36-35-38-51-56-50(48-74-51)60-57(66)61-56;/h17-20,49-51,56H,3-16,21-48H2,1-2H3,(H,58,62)(H,59,63)(H,67,68)(H2,60,61,66);/q;+1/p-1. The first-order valence-corrected chi connectivity index (χ1v) is 32.0. The number of phosphoric acid groups is 1. The number of amides is 4. The average Bonchev–Trinajstić information content (AvgIpc) is 3.94. The van der Waals surface area contributed by atoms with Crippen LogP contribution in [0.4, 0.5) is 4.79 Å². The van der Waals surface area contributed by atoms with Crippen molar-refractivity contribution in [3.8, 4) is 0 Å². The summed E-state index contributed by atoms with van der Waals surface area (Å²) < 4.78 is 33.7. The fourth-order valence-electron chi connectivity index (χ4n) is 9.12. The van der Waals surface area contributed by atoms with E-state index in [1.54, 1.807) is 0 Å². The number of carbonyl (C=O) groups excluding carboxylic acids is 5. The fourth-order valence-corrected chi connectivity index (χ4v) is 11.4. The third-order valence-corrected chi connectivity index (χ3v) is 16.1. The van der Waals surface area contributed by atoms with Crippen molar-refractivity contribution < 1.29 is 81.5 Å². The zero-order chi connectivity index (χ0) is 53.6. The molecule has 0 saturated carbocycles. The van der Waals surface area contributed by atoms with Crippen molar-refractivity contribution in [3.05, 3.63) is 24.3 Å². The van der Waals surface area contributed by atoms with Gasteiger partial charge in [-0.25, -0.2) is 4.79 Å². The average molecular weight is 1110 g/mol. The Morgan fingerprint density at radius 2 is 1.07 bits per heavy atom. The molecule has 0 bridgehead atoms. The maximum Gasteiger partial charge on any atom is 1.00 e. The quantitative estimate of drug-likeness (QED) is 0.0112. The van der Waals surface area contributed by atoms with Crippen LogP contribution in [0, 0.1) is 0 Å². The maximum absolute atomic E-state index is 12.8. The fraction of sp³-hybridized carbons (Fsp3) is 0.842. The second-order valence-electron chi connectivity index (χ2n) is 20.4. The number of esters is 2. The summed E-state index contributed by atoms with van der Waals surface area (Å²) in [7, 11) is -4.85. The Kier molecular flexibility index (Phi) is 46.6. The molecule has 2 fully saturated rings. The monoisotopic (exact) mass is 1100 g/mol. The SMILES string of the molecule is CCCCCCCCC=CCCCCCCCC(=O)OCC(COP(=O)([O-])OCCNC(=O)CCCCCNC(=O)CCCCC1SCC2NC(=O)NC21)OC(=O)CCCCCCCC=CCCCCCCCC.[Na+]. The summed E-state index contributed by atoms with van der Waals surface area (Å²) in [4.78, 5) is 74.4. The van der Waals surface area contributed by atoms with Crippen molar-refractivity contribution in [2.24, 2.45) is 0 Å². The molecule has 2 rings (SSSR count). The Balaban J connectivity index is 0.0000281. The van der Waals surface area contributed by atoms with Crippen molar-refractivity contribution in [1.29, 1.82) is 0 Å². The Hall–Kier alpha value is -1.91. The van der Waals surface area contributed by atoms with Crippen LogP contribution < -0.4 is 55.7 Å². The number of hydrogen-bond acceptors (Lipinski definition) is 12. The van der Waals surface area contributed by atoms with Gasteiger partial charge in [-0.1, -0.05) is 154 Å². The van der Waals surface area contributed by atoms with Gasteiger partial charge >= 0.3 is 47.5 Å². The number of phosphoric ester groups is 1. The molecule has 2 aliphatic heterocycles. The van der Waals surface area contributed by atoms with Crippen molar-refractivity contribution in [2.75, 3.05) is 38.7 Å². The van der Waals surface area contributed by atoms with Gasteiger partial charge in [0.25, 0.3) is 7.82 Å². The molecule has 2 aliphatic rings. The number of unbranched alkanes of at least 4 members (excludes halogenated alkanes) is 25. The van der Waals surface area contributed by atoms with E-state index in [-0.39, 0.29) is 98.5 Å². The molecule has 75 heavy (non-hydrogen) atoms. The molecule has 4 N–H and O–H groups in total. The minimum atomic E-state index is -4.85. The number of allylic oxidation sites excluding steroid dienone is 4. The summed E-state index contributed by atoms with van der Waals surface area (Å²) in [6.07, 6.45) is 43.6. The van der Waals surface area contributed by atoms with Gasteiger partial charge in [0.2, 0.25) is 11.8 Å². The Morgan fingerprint density at radius 3 is 1.63 bits per heavy atom. The van der Waals surface area contributed by atoms with Crippen LogP contribution in [-0.2, 0) is 42.3 Å². The third-order valence-electron chi connectivity index (χ3n) is 13.6. The number of nitrogens with one attached hydrogen (secondary N) is 4. The van der Waals surface area contributed by atoms with Gasteiger partial charge in [0.15, 0.2) is 6.10 Å². The van der Waals surface area contributed by atoms with Crippen LogP contribution in [0.5, 0.6) is 0 Å². The van der Waals surface area contributed by atoms with Gasteiger partial charge < -0.3 is 44.7 Å². The summed E-state index contributed by atoms with van der Waals surface area (Å²) in [6.45, 7) is 3.69.